The average molecular weight is 382 g/mol. The van der Waals surface area contributed by atoms with Gasteiger partial charge in [0.1, 0.15) is 5.75 Å². The Labute approximate surface area is 155 Å². The summed E-state index contributed by atoms with van der Waals surface area (Å²) in [5.74, 6) is -0.349. The van der Waals surface area contributed by atoms with Crippen LogP contribution in [0.25, 0.3) is 0 Å². The molecule has 7 heteroatoms. The number of esters is 1. The van der Waals surface area contributed by atoms with Gasteiger partial charge in [-0.1, -0.05) is 35.3 Å². The molecule has 1 amide bonds. The van der Waals surface area contributed by atoms with E-state index in [2.05, 4.69) is 5.32 Å². The molecule has 0 fully saturated rings. The first kappa shape index (κ1) is 19.1. The van der Waals surface area contributed by atoms with Crippen LogP contribution in [0.5, 0.6) is 5.75 Å². The second kappa shape index (κ2) is 9.30. The number of hydrogen-bond donors (Lipinski definition) is 1. The zero-order chi connectivity index (χ0) is 18.2. The van der Waals surface area contributed by atoms with Crippen LogP contribution >= 0.6 is 23.2 Å². The van der Waals surface area contributed by atoms with Crippen molar-refractivity contribution in [3.05, 3.63) is 58.1 Å². The van der Waals surface area contributed by atoms with Crippen molar-refractivity contribution in [1.82, 2.24) is 0 Å². The number of rotatable bonds is 7. The normalized spacial score (nSPS) is 10.2. The molecule has 5 nitrogen and oxygen atoms in total. The molecule has 2 aromatic carbocycles. The van der Waals surface area contributed by atoms with Crippen LogP contribution in [-0.2, 0) is 14.3 Å². The Hall–Kier alpha value is -2.24. The van der Waals surface area contributed by atoms with Gasteiger partial charge in [0.15, 0.2) is 6.61 Å². The quantitative estimate of drug-likeness (QED) is 0.727. The SMILES string of the molecule is Cc1cccc(OCCC(=O)OCC(=O)Nc2cc(Cl)ccc2Cl)c1. The highest BCUT2D eigenvalue weighted by Crippen LogP contribution is 2.25. The lowest BCUT2D eigenvalue weighted by molar-refractivity contribution is -0.147. The molecule has 0 aromatic heterocycles. The fraction of sp³-hybridized carbons (Fsp3) is 0.222. The van der Waals surface area contributed by atoms with Gasteiger partial charge in [-0.25, -0.2) is 0 Å². The molecular formula is C18H17Cl2NO4. The zero-order valence-electron chi connectivity index (χ0n) is 13.6. The number of hydrogen-bond acceptors (Lipinski definition) is 4. The number of anilines is 1. The van der Waals surface area contributed by atoms with Gasteiger partial charge in [0.05, 0.1) is 23.7 Å². The number of aryl methyl sites for hydroxylation is 1. The van der Waals surface area contributed by atoms with Crippen LogP contribution in [-0.4, -0.2) is 25.1 Å². The van der Waals surface area contributed by atoms with Crippen LogP contribution in [0.2, 0.25) is 10.0 Å². The summed E-state index contributed by atoms with van der Waals surface area (Å²) in [7, 11) is 0. The number of carbonyl (C=O) groups excluding carboxylic acids is 2. The lowest BCUT2D eigenvalue weighted by atomic mass is 10.2. The van der Waals surface area contributed by atoms with Gasteiger partial charge in [-0.15, -0.1) is 0 Å². The topological polar surface area (TPSA) is 64.6 Å². The minimum atomic E-state index is -0.528. The predicted molar refractivity (Wildman–Crippen MR) is 97.3 cm³/mol. The fourth-order valence-corrected chi connectivity index (χ4v) is 2.29. The number of carbonyl (C=O) groups is 2. The van der Waals surface area contributed by atoms with Crippen LogP contribution in [0.1, 0.15) is 12.0 Å². The first-order chi connectivity index (χ1) is 11.9. The number of ether oxygens (including phenoxy) is 2. The van der Waals surface area contributed by atoms with Crippen molar-refractivity contribution in [1.29, 1.82) is 0 Å². The molecule has 0 spiro atoms. The minimum absolute atomic E-state index is 0.0408. The van der Waals surface area contributed by atoms with Gasteiger partial charge in [-0.05, 0) is 42.8 Å². The van der Waals surface area contributed by atoms with Gasteiger partial charge in [0, 0.05) is 5.02 Å². The summed E-state index contributed by atoms with van der Waals surface area (Å²) < 4.78 is 10.4. The Morgan fingerprint density at radius 2 is 1.92 bits per heavy atom. The first-order valence-electron chi connectivity index (χ1n) is 7.54. The van der Waals surface area contributed by atoms with E-state index in [1.54, 1.807) is 18.2 Å². The molecule has 0 atom stereocenters. The molecule has 1 N–H and O–H groups in total. The molecule has 0 bridgehead atoms. The minimum Gasteiger partial charge on any atom is -0.493 e. The van der Waals surface area contributed by atoms with E-state index in [-0.39, 0.29) is 13.0 Å². The standard InChI is InChI=1S/C18H17Cl2NO4/c1-12-3-2-4-14(9-12)24-8-7-18(23)25-11-17(22)21-16-10-13(19)5-6-15(16)20/h2-6,9-10H,7-8,11H2,1H3,(H,21,22). The zero-order valence-corrected chi connectivity index (χ0v) is 15.1. The predicted octanol–water partition coefficient (Wildman–Crippen LogP) is 4.25. The fourth-order valence-electron chi connectivity index (χ4n) is 1.96. The number of benzene rings is 2. The molecule has 0 unspecified atom stereocenters. The molecule has 132 valence electrons. The third-order valence-corrected chi connectivity index (χ3v) is 3.70. The lowest BCUT2D eigenvalue weighted by Crippen LogP contribution is -2.21. The summed E-state index contributed by atoms with van der Waals surface area (Å²) in [4.78, 5) is 23.4. The van der Waals surface area contributed by atoms with Crippen LogP contribution < -0.4 is 10.1 Å². The maximum Gasteiger partial charge on any atom is 0.309 e. The van der Waals surface area contributed by atoms with Gasteiger partial charge >= 0.3 is 5.97 Å². The third kappa shape index (κ3) is 6.64. The van der Waals surface area contributed by atoms with Gasteiger partial charge in [0.25, 0.3) is 5.91 Å². The smallest absolute Gasteiger partial charge is 0.309 e. The van der Waals surface area contributed by atoms with E-state index in [9.17, 15) is 9.59 Å². The first-order valence-corrected chi connectivity index (χ1v) is 8.29. The molecule has 0 radical (unpaired) electrons. The van der Waals surface area contributed by atoms with Crippen LogP contribution in [0.15, 0.2) is 42.5 Å². The van der Waals surface area contributed by atoms with Crippen LogP contribution in [0.4, 0.5) is 5.69 Å². The summed E-state index contributed by atoms with van der Waals surface area (Å²) in [5, 5.41) is 3.31. The molecule has 0 aliphatic rings. The van der Waals surface area contributed by atoms with E-state index < -0.39 is 18.5 Å². The lowest BCUT2D eigenvalue weighted by Gasteiger charge is -2.09. The Balaban J connectivity index is 1.70. The van der Waals surface area contributed by atoms with Crippen molar-refractivity contribution < 1.29 is 19.1 Å². The van der Waals surface area contributed by atoms with Crippen molar-refractivity contribution in [2.75, 3.05) is 18.5 Å². The third-order valence-electron chi connectivity index (χ3n) is 3.13. The van der Waals surface area contributed by atoms with Crippen LogP contribution in [0, 0.1) is 6.92 Å². The van der Waals surface area contributed by atoms with Crippen molar-refractivity contribution in [3.8, 4) is 5.75 Å². The van der Waals surface area contributed by atoms with Gasteiger partial charge in [0.2, 0.25) is 0 Å². The highest BCUT2D eigenvalue weighted by Gasteiger charge is 2.10. The number of amides is 1. The van der Waals surface area contributed by atoms with E-state index in [0.29, 0.717) is 21.5 Å². The van der Waals surface area contributed by atoms with Crippen molar-refractivity contribution in [3.63, 3.8) is 0 Å². The molecule has 0 saturated carbocycles. The van der Waals surface area contributed by atoms with E-state index in [1.807, 2.05) is 25.1 Å². The monoisotopic (exact) mass is 381 g/mol. The van der Waals surface area contributed by atoms with E-state index >= 15 is 0 Å². The highest BCUT2D eigenvalue weighted by molar-refractivity contribution is 6.35. The Morgan fingerprint density at radius 1 is 1.12 bits per heavy atom. The second-order valence-electron chi connectivity index (χ2n) is 5.25. The maximum atomic E-state index is 11.8. The second-order valence-corrected chi connectivity index (χ2v) is 6.09. The molecule has 0 aliphatic carbocycles. The molecular weight excluding hydrogens is 365 g/mol. The summed E-state index contributed by atoms with van der Waals surface area (Å²) in [6.07, 6.45) is 0.0408. The van der Waals surface area contributed by atoms with Crippen molar-refractivity contribution in [2.24, 2.45) is 0 Å². The van der Waals surface area contributed by atoms with Crippen molar-refractivity contribution in [2.45, 2.75) is 13.3 Å². The van der Waals surface area contributed by atoms with Crippen molar-refractivity contribution >= 4 is 40.8 Å². The Morgan fingerprint density at radius 3 is 2.68 bits per heavy atom. The largest absolute Gasteiger partial charge is 0.493 e. The molecule has 0 heterocycles. The summed E-state index contributed by atoms with van der Waals surface area (Å²) >= 11 is 11.8. The van der Waals surface area contributed by atoms with Gasteiger partial charge < -0.3 is 14.8 Å². The molecule has 0 saturated heterocycles. The number of nitrogens with one attached hydrogen (secondary N) is 1. The summed E-state index contributed by atoms with van der Waals surface area (Å²) in [5.41, 5.74) is 1.43. The van der Waals surface area contributed by atoms with E-state index in [4.69, 9.17) is 32.7 Å². The summed E-state index contributed by atoms with van der Waals surface area (Å²) in [6, 6.07) is 12.2. The molecule has 0 aliphatic heterocycles. The Kier molecular flexibility index (Phi) is 7.10. The van der Waals surface area contributed by atoms with Gasteiger partial charge in [-0.2, -0.15) is 0 Å². The molecule has 2 aromatic rings. The highest BCUT2D eigenvalue weighted by atomic mass is 35.5. The molecule has 2 rings (SSSR count). The van der Waals surface area contributed by atoms with E-state index in [0.717, 1.165) is 5.56 Å². The average Bonchev–Trinajstić information content (AvgIpc) is 2.56. The molecule has 25 heavy (non-hydrogen) atoms. The maximum absolute atomic E-state index is 11.8. The van der Waals surface area contributed by atoms with Gasteiger partial charge in [-0.3, -0.25) is 9.59 Å². The Bertz CT molecular complexity index is 764. The van der Waals surface area contributed by atoms with E-state index in [1.165, 1.54) is 6.07 Å². The summed E-state index contributed by atoms with van der Waals surface area (Å²) in [6.45, 7) is 1.71. The van der Waals surface area contributed by atoms with Crippen LogP contribution in [0.3, 0.4) is 0 Å². The number of halogens is 2.